The first-order valence-corrected chi connectivity index (χ1v) is 6.58. The maximum Gasteiger partial charge on any atom is 0.0522 e. The molecule has 0 saturated heterocycles. The number of aliphatic hydroxyl groups excluding tert-OH is 1. The highest BCUT2D eigenvalue weighted by atomic mass is 16.3. The third-order valence-corrected chi connectivity index (χ3v) is 3.81. The standard InChI is InChI=1S/C13H23N3O/c1-16-9-11(7-15-16)5-6-14-8-12-3-2-4-13(12)10-17/h7,9,12-14,17H,2-6,8,10H2,1H3. The highest BCUT2D eigenvalue weighted by Crippen LogP contribution is 2.30. The van der Waals surface area contributed by atoms with Crippen molar-refractivity contribution in [1.82, 2.24) is 15.1 Å². The molecule has 1 aliphatic rings. The molecule has 4 nitrogen and oxygen atoms in total. The Labute approximate surface area is 103 Å². The van der Waals surface area contributed by atoms with Crippen LogP contribution in [0, 0.1) is 11.8 Å². The van der Waals surface area contributed by atoms with Gasteiger partial charge in [-0.15, -0.1) is 0 Å². The predicted molar refractivity (Wildman–Crippen MR) is 67.7 cm³/mol. The minimum Gasteiger partial charge on any atom is -0.396 e. The lowest BCUT2D eigenvalue weighted by atomic mass is 9.97. The summed E-state index contributed by atoms with van der Waals surface area (Å²) in [4.78, 5) is 0. The second kappa shape index (κ2) is 6.17. The van der Waals surface area contributed by atoms with Crippen LogP contribution >= 0.6 is 0 Å². The Balaban J connectivity index is 1.63. The average molecular weight is 237 g/mol. The fourth-order valence-electron chi connectivity index (χ4n) is 2.74. The fourth-order valence-corrected chi connectivity index (χ4v) is 2.74. The summed E-state index contributed by atoms with van der Waals surface area (Å²) in [6.45, 7) is 2.40. The van der Waals surface area contributed by atoms with Crippen molar-refractivity contribution in [2.75, 3.05) is 19.7 Å². The van der Waals surface area contributed by atoms with Crippen molar-refractivity contribution in [3.8, 4) is 0 Å². The van der Waals surface area contributed by atoms with Crippen LogP contribution in [-0.4, -0.2) is 34.6 Å². The lowest BCUT2D eigenvalue weighted by molar-refractivity contribution is 0.192. The Hall–Kier alpha value is -0.870. The molecule has 0 aromatic carbocycles. The lowest BCUT2D eigenvalue weighted by Gasteiger charge is -2.17. The number of nitrogens with zero attached hydrogens (tertiary/aromatic N) is 2. The SMILES string of the molecule is Cn1cc(CCNCC2CCCC2CO)cn1. The number of nitrogens with one attached hydrogen (secondary N) is 1. The van der Waals surface area contributed by atoms with Crippen molar-refractivity contribution < 1.29 is 5.11 Å². The first-order chi connectivity index (χ1) is 8.29. The van der Waals surface area contributed by atoms with Gasteiger partial charge in [0.2, 0.25) is 0 Å². The van der Waals surface area contributed by atoms with E-state index in [-0.39, 0.29) is 0 Å². The molecule has 1 aromatic heterocycles. The maximum absolute atomic E-state index is 9.23. The molecule has 17 heavy (non-hydrogen) atoms. The molecule has 2 unspecified atom stereocenters. The number of rotatable bonds is 6. The summed E-state index contributed by atoms with van der Waals surface area (Å²) in [5, 5.41) is 16.9. The molecule has 2 N–H and O–H groups in total. The molecule has 96 valence electrons. The van der Waals surface area contributed by atoms with Gasteiger partial charge in [0, 0.05) is 19.9 Å². The summed E-state index contributed by atoms with van der Waals surface area (Å²) in [7, 11) is 1.95. The zero-order valence-corrected chi connectivity index (χ0v) is 10.6. The maximum atomic E-state index is 9.23. The monoisotopic (exact) mass is 237 g/mol. The summed E-state index contributed by atoms with van der Waals surface area (Å²) in [6.07, 6.45) is 8.77. The van der Waals surface area contributed by atoms with Gasteiger partial charge in [0.25, 0.3) is 0 Å². The fraction of sp³-hybridized carbons (Fsp3) is 0.769. The van der Waals surface area contributed by atoms with Crippen LogP contribution in [0.25, 0.3) is 0 Å². The van der Waals surface area contributed by atoms with E-state index in [1.165, 1.54) is 24.8 Å². The molecule has 1 aliphatic carbocycles. The minimum absolute atomic E-state index is 0.356. The van der Waals surface area contributed by atoms with E-state index in [4.69, 9.17) is 0 Å². The van der Waals surface area contributed by atoms with Gasteiger partial charge < -0.3 is 10.4 Å². The molecule has 1 heterocycles. The van der Waals surface area contributed by atoms with Crippen LogP contribution in [0.3, 0.4) is 0 Å². The summed E-state index contributed by atoms with van der Waals surface area (Å²) in [5.74, 6) is 1.20. The highest BCUT2D eigenvalue weighted by Gasteiger charge is 2.25. The van der Waals surface area contributed by atoms with Crippen LogP contribution < -0.4 is 5.32 Å². The molecule has 1 aromatic rings. The number of aliphatic hydroxyl groups is 1. The number of hydrogen-bond acceptors (Lipinski definition) is 3. The van der Waals surface area contributed by atoms with E-state index in [1.54, 1.807) is 0 Å². The van der Waals surface area contributed by atoms with Gasteiger partial charge in [0.15, 0.2) is 0 Å². The molecular formula is C13H23N3O. The van der Waals surface area contributed by atoms with Gasteiger partial charge in [-0.3, -0.25) is 4.68 Å². The highest BCUT2D eigenvalue weighted by molar-refractivity contribution is 5.03. The van der Waals surface area contributed by atoms with Crippen molar-refractivity contribution in [3.63, 3.8) is 0 Å². The molecule has 2 atom stereocenters. The van der Waals surface area contributed by atoms with Gasteiger partial charge in [0.05, 0.1) is 6.20 Å². The first-order valence-electron chi connectivity index (χ1n) is 6.58. The molecule has 4 heteroatoms. The lowest BCUT2D eigenvalue weighted by Crippen LogP contribution is -2.28. The van der Waals surface area contributed by atoms with Gasteiger partial charge in [-0.1, -0.05) is 6.42 Å². The summed E-state index contributed by atoms with van der Waals surface area (Å²) in [5.41, 5.74) is 1.28. The molecule has 0 aliphatic heterocycles. The largest absolute Gasteiger partial charge is 0.396 e. The topological polar surface area (TPSA) is 50.1 Å². The van der Waals surface area contributed by atoms with E-state index in [0.717, 1.165) is 19.5 Å². The van der Waals surface area contributed by atoms with Crippen LogP contribution in [-0.2, 0) is 13.5 Å². The molecule has 1 saturated carbocycles. The van der Waals surface area contributed by atoms with Gasteiger partial charge in [-0.2, -0.15) is 5.10 Å². The van der Waals surface area contributed by atoms with Gasteiger partial charge in [-0.05, 0) is 49.8 Å². The smallest absolute Gasteiger partial charge is 0.0522 e. The van der Waals surface area contributed by atoms with Crippen molar-refractivity contribution >= 4 is 0 Å². The molecule has 1 fully saturated rings. The predicted octanol–water partition coefficient (Wildman–Crippen LogP) is 0.961. The van der Waals surface area contributed by atoms with Crippen LogP contribution in [0.4, 0.5) is 0 Å². The van der Waals surface area contributed by atoms with Crippen molar-refractivity contribution in [2.45, 2.75) is 25.7 Å². The van der Waals surface area contributed by atoms with Gasteiger partial charge in [-0.25, -0.2) is 0 Å². The molecule has 0 amide bonds. The van der Waals surface area contributed by atoms with E-state index in [0.29, 0.717) is 18.4 Å². The van der Waals surface area contributed by atoms with Crippen LogP contribution in [0.15, 0.2) is 12.4 Å². The van der Waals surface area contributed by atoms with E-state index >= 15 is 0 Å². The molecule has 0 spiro atoms. The van der Waals surface area contributed by atoms with E-state index < -0.39 is 0 Å². The minimum atomic E-state index is 0.356. The van der Waals surface area contributed by atoms with E-state index in [9.17, 15) is 5.11 Å². The van der Waals surface area contributed by atoms with Gasteiger partial charge in [0.1, 0.15) is 0 Å². The Morgan fingerprint density at radius 3 is 3.00 bits per heavy atom. The quantitative estimate of drug-likeness (QED) is 0.725. The Morgan fingerprint density at radius 1 is 1.47 bits per heavy atom. The Morgan fingerprint density at radius 2 is 2.29 bits per heavy atom. The van der Waals surface area contributed by atoms with Crippen molar-refractivity contribution in [1.29, 1.82) is 0 Å². The Kier molecular flexibility index (Phi) is 4.57. The molecule has 0 radical (unpaired) electrons. The van der Waals surface area contributed by atoms with Crippen molar-refractivity contribution in [3.05, 3.63) is 18.0 Å². The van der Waals surface area contributed by atoms with Crippen LogP contribution in [0.5, 0.6) is 0 Å². The van der Waals surface area contributed by atoms with E-state index in [1.807, 2.05) is 17.9 Å². The molecule has 0 bridgehead atoms. The zero-order valence-electron chi connectivity index (χ0n) is 10.6. The third-order valence-electron chi connectivity index (χ3n) is 3.81. The van der Waals surface area contributed by atoms with Gasteiger partial charge >= 0.3 is 0 Å². The zero-order chi connectivity index (χ0) is 12.1. The number of aryl methyl sites for hydroxylation is 1. The third kappa shape index (κ3) is 3.54. The van der Waals surface area contributed by atoms with Crippen LogP contribution in [0.1, 0.15) is 24.8 Å². The van der Waals surface area contributed by atoms with E-state index in [2.05, 4.69) is 16.6 Å². The Bertz CT molecular complexity index is 337. The van der Waals surface area contributed by atoms with Crippen LogP contribution in [0.2, 0.25) is 0 Å². The first kappa shape index (κ1) is 12.6. The number of hydrogen-bond donors (Lipinski definition) is 2. The van der Waals surface area contributed by atoms with Crippen molar-refractivity contribution in [2.24, 2.45) is 18.9 Å². The second-order valence-electron chi connectivity index (χ2n) is 5.11. The molecular weight excluding hydrogens is 214 g/mol. The average Bonchev–Trinajstić information content (AvgIpc) is 2.93. The normalized spacial score (nSPS) is 24.4. The summed E-state index contributed by atoms with van der Waals surface area (Å²) < 4.78 is 1.84. The summed E-state index contributed by atoms with van der Waals surface area (Å²) in [6, 6.07) is 0. The molecule has 2 rings (SSSR count). The summed E-state index contributed by atoms with van der Waals surface area (Å²) >= 11 is 0. The second-order valence-corrected chi connectivity index (χ2v) is 5.11. The number of aromatic nitrogens is 2.